The quantitative estimate of drug-likeness (QED) is 0.0305. The predicted octanol–water partition coefficient (Wildman–Crippen LogP) is 14.7. The molecule has 0 saturated heterocycles. The number of hydrogen-bond acceptors (Lipinski definition) is 17. The van der Waals surface area contributed by atoms with Gasteiger partial charge in [-0.1, -0.05) is 36.5 Å². The molecular weight excluding hydrogens is 1190 g/mol. The summed E-state index contributed by atoms with van der Waals surface area (Å²) in [5, 5.41) is 5.97. The molecule has 0 saturated carbocycles. The van der Waals surface area contributed by atoms with Crippen LogP contribution < -0.4 is 14.5 Å². The SMILES string of the molecule is CCCN(CCC)c1cc(S(=O)(=O)O)c(N=Nc2nc3ccc(SC(F)(F)C(F)(F)F)cc3s2)cc1OC.O=S(=O)(O)c1c(N=Nc2nc3ccc(SC(F)(F)C(F)(F)F)cc3s2)cc2c3c1CCCN3CCC2.[Cu]. The molecule has 2 aliphatic heterocycles. The van der Waals surface area contributed by atoms with Gasteiger partial charge in [-0.3, -0.25) is 9.11 Å². The van der Waals surface area contributed by atoms with Crippen LogP contribution in [0.3, 0.4) is 0 Å². The first-order valence-electron chi connectivity index (χ1n) is 21.8. The van der Waals surface area contributed by atoms with Crippen molar-refractivity contribution in [1.29, 1.82) is 0 Å². The Kier molecular flexibility index (Phi) is 18.6. The third kappa shape index (κ3) is 13.8. The minimum absolute atomic E-state index is 0. The number of rotatable bonds is 16. The zero-order valence-corrected chi connectivity index (χ0v) is 44.7. The van der Waals surface area contributed by atoms with Gasteiger partial charge in [-0.2, -0.15) is 60.7 Å². The molecule has 6 aromatic rings. The van der Waals surface area contributed by atoms with Gasteiger partial charge in [0.1, 0.15) is 26.9 Å². The third-order valence-corrected chi connectivity index (χ3v) is 16.5. The Hall–Kier alpha value is -4.40. The van der Waals surface area contributed by atoms with Crippen molar-refractivity contribution in [1.82, 2.24) is 9.97 Å². The van der Waals surface area contributed by atoms with Gasteiger partial charge in [0.15, 0.2) is 0 Å². The fourth-order valence-corrected chi connectivity index (χ4v) is 12.7. The van der Waals surface area contributed by atoms with Gasteiger partial charge in [-0.15, -0.1) is 20.5 Å². The number of benzene rings is 4. The summed E-state index contributed by atoms with van der Waals surface area (Å²) in [5.41, 5.74) is 2.99. The average molecular weight is 1230 g/mol. The molecule has 2 N–H and O–H groups in total. The van der Waals surface area contributed by atoms with Crippen molar-refractivity contribution >= 4 is 120 Å². The summed E-state index contributed by atoms with van der Waals surface area (Å²) in [7, 11) is -7.96. The Morgan fingerprint density at radius 1 is 0.693 bits per heavy atom. The fourth-order valence-electron chi connectivity index (χ4n) is 7.91. The van der Waals surface area contributed by atoms with Crippen LogP contribution in [0.2, 0.25) is 0 Å². The maximum Gasteiger partial charge on any atom is 0.464 e. The molecule has 0 bridgehead atoms. The van der Waals surface area contributed by atoms with Crippen molar-refractivity contribution in [3.8, 4) is 5.75 Å². The first-order chi connectivity index (χ1) is 34.5. The van der Waals surface area contributed by atoms with E-state index in [9.17, 15) is 69.8 Å². The maximum atomic E-state index is 13.4. The molecule has 75 heavy (non-hydrogen) atoms. The van der Waals surface area contributed by atoms with E-state index in [-0.39, 0.29) is 63.6 Å². The second-order valence-electron chi connectivity index (χ2n) is 16.2. The van der Waals surface area contributed by atoms with Crippen molar-refractivity contribution in [3.05, 3.63) is 65.7 Å². The molecule has 0 fully saturated rings. The molecule has 15 nitrogen and oxygen atoms in total. The monoisotopic (exact) mass is 1230 g/mol. The average Bonchev–Trinajstić information content (AvgIpc) is 3.91. The topological polar surface area (TPSA) is 200 Å². The van der Waals surface area contributed by atoms with E-state index in [1.165, 1.54) is 31.4 Å². The number of thiazole rings is 2. The Morgan fingerprint density at radius 3 is 1.64 bits per heavy atom. The van der Waals surface area contributed by atoms with E-state index in [4.69, 9.17) is 4.74 Å². The number of nitrogens with zero attached hydrogens (tertiary/aromatic N) is 8. The fraction of sp³-hybridized carbons (Fsp3) is 0.395. The molecule has 0 amide bonds. The van der Waals surface area contributed by atoms with E-state index in [0.717, 1.165) is 103 Å². The second kappa shape index (κ2) is 23.3. The number of fused-ring (bicyclic) bond motifs is 2. The Bertz CT molecular complexity index is 3360. The van der Waals surface area contributed by atoms with Gasteiger partial charge in [0, 0.05) is 64.8 Å². The summed E-state index contributed by atoms with van der Waals surface area (Å²) in [6.07, 6.45) is -7.07. The summed E-state index contributed by atoms with van der Waals surface area (Å²) in [4.78, 5) is 10.9. The number of anilines is 2. The maximum absolute atomic E-state index is 13.4. The van der Waals surface area contributed by atoms with Crippen molar-refractivity contribution in [2.45, 2.75) is 94.8 Å². The summed E-state index contributed by atoms with van der Waals surface area (Å²) in [5.74, 6) is 0.296. The molecular formula is C43H40CuF10N8O7S6. The van der Waals surface area contributed by atoms with E-state index in [1.807, 2.05) is 18.7 Å². The van der Waals surface area contributed by atoms with Crippen molar-refractivity contribution < 1.29 is 91.7 Å². The summed E-state index contributed by atoms with van der Waals surface area (Å²) >= 11 is 0.486. The normalized spacial score (nSPS) is 14.6. The minimum atomic E-state index is -5.72. The summed E-state index contributed by atoms with van der Waals surface area (Å²) in [6, 6.07) is 11.1. The van der Waals surface area contributed by atoms with Crippen LogP contribution in [0.4, 0.5) is 76.9 Å². The van der Waals surface area contributed by atoms with E-state index >= 15 is 0 Å². The Balaban J connectivity index is 0.000000241. The number of aromatic nitrogens is 2. The smallest absolute Gasteiger partial charge is 0.464 e. The predicted molar refractivity (Wildman–Crippen MR) is 262 cm³/mol. The molecule has 8 rings (SSSR count). The van der Waals surface area contributed by atoms with Crippen LogP contribution >= 0.6 is 46.2 Å². The first kappa shape index (κ1) is 59.8. The number of ether oxygens (including phenoxy) is 1. The number of halogens is 10. The number of aryl methyl sites for hydroxylation is 1. The Labute approximate surface area is 448 Å². The van der Waals surface area contributed by atoms with Crippen molar-refractivity contribution in [2.24, 2.45) is 20.5 Å². The molecule has 411 valence electrons. The molecule has 32 heteroatoms. The molecule has 1 radical (unpaired) electrons. The molecule has 4 heterocycles. The summed E-state index contributed by atoms with van der Waals surface area (Å²) < 4.78 is 204. The number of azo groups is 2. The van der Waals surface area contributed by atoms with Crippen LogP contribution in [-0.4, -0.2) is 92.1 Å². The van der Waals surface area contributed by atoms with E-state index in [0.29, 0.717) is 46.7 Å². The van der Waals surface area contributed by atoms with Crippen LogP contribution in [0.5, 0.6) is 5.75 Å². The van der Waals surface area contributed by atoms with Crippen molar-refractivity contribution in [2.75, 3.05) is 43.1 Å². The number of thioether (sulfide) groups is 2. The van der Waals surface area contributed by atoms with Gasteiger partial charge in [-0.25, -0.2) is 9.97 Å². The van der Waals surface area contributed by atoms with E-state index in [1.54, 1.807) is 6.07 Å². The Morgan fingerprint density at radius 2 is 1.19 bits per heavy atom. The molecule has 2 aliphatic rings. The molecule has 2 aromatic heterocycles. The van der Waals surface area contributed by atoms with Crippen LogP contribution in [0.25, 0.3) is 20.4 Å². The molecule has 0 unspecified atom stereocenters. The van der Waals surface area contributed by atoms with Crippen molar-refractivity contribution in [3.63, 3.8) is 0 Å². The van der Waals surface area contributed by atoms with E-state index in [2.05, 4.69) is 35.3 Å². The number of alkyl halides is 10. The van der Waals surface area contributed by atoms with Gasteiger partial charge in [0.2, 0.25) is 10.3 Å². The van der Waals surface area contributed by atoms with Crippen LogP contribution in [-0.2, 0) is 50.1 Å². The minimum Gasteiger partial charge on any atom is -0.495 e. The van der Waals surface area contributed by atoms with Crippen LogP contribution in [0, 0.1) is 0 Å². The van der Waals surface area contributed by atoms with Crippen LogP contribution in [0.15, 0.2) is 94.6 Å². The molecule has 0 atom stereocenters. The third-order valence-electron chi connectivity index (χ3n) is 10.9. The van der Waals surface area contributed by atoms with E-state index < -0.39 is 71.5 Å². The van der Waals surface area contributed by atoms with Gasteiger partial charge in [-0.05, 0) is 122 Å². The molecule has 0 spiro atoms. The first-order valence-corrected chi connectivity index (χ1v) is 28.0. The molecule has 4 aromatic carbocycles. The zero-order chi connectivity index (χ0) is 54.2. The number of methoxy groups -OCH3 is 1. The largest absolute Gasteiger partial charge is 0.495 e. The standard InChI is InChI=1S/C22H23F5N4O4S3.C21H17F5N4O3S3.Cu/c1-4-8-31(9-5-2)16-12-19(38(32,33)34)15(11-17(16)35-3)29-30-20-28-14-7-6-13(10-18(14)36-20)37-22(26,27)21(23,24)25;22-20(23,24)21(25,26)35-12-5-6-14-16(10-12)34-19(27-14)29-28-15-9-11-3-1-7-30-8-2-4-13(17(11)30)18(15)36(31,32)33;/h6-7,10-12H,4-5,8-9H2,1-3H3,(H,32,33,34);5-6,9-10H,1-4,7-8H2,(H,31,32,33);. The molecule has 0 aliphatic carbocycles. The zero-order valence-electron chi connectivity index (χ0n) is 38.8. The van der Waals surface area contributed by atoms with Gasteiger partial charge in [0.05, 0.1) is 33.2 Å². The van der Waals surface area contributed by atoms with Gasteiger partial charge >= 0.3 is 22.9 Å². The van der Waals surface area contributed by atoms with Gasteiger partial charge in [0.25, 0.3) is 20.2 Å². The second-order valence-corrected chi connectivity index (χ2v) is 23.4. The van der Waals surface area contributed by atoms with Gasteiger partial charge < -0.3 is 14.5 Å². The van der Waals surface area contributed by atoms with Crippen LogP contribution in [0.1, 0.15) is 50.7 Å². The number of hydrogen-bond donors (Lipinski definition) is 2. The summed E-state index contributed by atoms with van der Waals surface area (Å²) in [6.45, 7) is 6.74.